The fourth-order valence-electron chi connectivity index (χ4n) is 4.32. The molecule has 1 heterocycles. The van der Waals surface area contributed by atoms with Crippen LogP contribution in [0.25, 0.3) is 22.2 Å². The van der Waals surface area contributed by atoms with Gasteiger partial charge in [-0.25, -0.2) is 13.2 Å². The highest BCUT2D eigenvalue weighted by atomic mass is 35.5. The predicted molar refractivity (Wildman–Crippen MR) is 138 cm³/mol. The van der Waals surface area contributed by atoms with Gasteiger partial charge in [0.15, 0.2) is 0 Å². The minimum Gasteiger partial charge on any atom is -0.259 e. The van der Waals surface area contributed by atoms with E-state index in [-0.39, 0.29) is 21.7 Å². The lowest BCUT2D eigenvalue weighted by molar-refractivity contribution is -0.138. The molecule has 0 spiro atoms. The van der Waals surface area contributed by atoms with E-state index < -0.39 is 58.6 Å². The molecule has 0 saturated heterocycles. The summed E-state index contributed by atoms with van der Waals surface area (Å²) in [6, 6.07) is 12.8. The summed E-state index contributed by atoms with van der Waals surface area (Å²) < 4.78 is 124. The van der Waals surface area contributed by atoms with E-state index in [0.29, 0.717) is 23.3 Å². The van der Waals surface area contributed by atoms with Crippen molar-refractivity contribution in [1.29, 1.82) is 0 Å². The van der Waals surface area contributed by atoms with E-state index in [2.05, 4.69) is 16.9 Å². The lowest BCUT2D eigenvalue weighted by Crippen LogP contribution is -2.09. The van der Waals surface area contributed by atoms with Crippen LogP contribution in [0.15, 0.2) is 72.8 Å². The number of rotatable bonds is 3. The maximum Gasteiger partial charge on any atom is 0.418 e. The molecular formula is C30H14ClF9N2. The average Bonchev–Trinajstić information content (AvgIpc) is 3.27. The van der Waals surface area contributed by atoms with Gasteiger partial charge in [0.2, 0.25) is 0 Å². The van der Waals surface area contributed by atoms with Crippen LogP contribution in [-0.4, -0.2) is 9.78 Å². The molecule has 0 N–H and O–H groups in total. The molecule has 42 heavy (non-hydrogen) atoms. The van der Waals surface area contributed by atoms with Crippen molar-refractivity contribution in [2.45, 2.75) is 18.9 Å². The van der Waals surface area contributed by atoms with Gasteiger partial charge in [0.25, 0.3) is 0 Å². The third-order valence-corrected chi connectivity index (χ3v) is 6.61. The molecule has 0 aliphatic carbocycles. The van der Waals surface area contributed by atoms with Gasteiger partial charge in [0.05, 0.1) is 28.4 Å². The van der Waals surface area contributed by atoms with Crippen molar-refractivity contribution in [3.05, 3.63) is 123 Å². The maximum absolute atomic E-state index is 14.5. The second kappa shape index (κ2) is 10.8. The van der Waals surface area contributed by atoms with Gasteiger partial charge in [-0.05, 0) is 36.4 Å². The Morgan fingerprint density at radius 3 is 2.05 bits per heavy atom. The highest BCUT2D eigenvalue weighted by Crippen LogP contribution is 2.38. The fourth-order valence-corrected chi connectivity index (χ4v) is 4.49. The largest absolute Gasteiger partial charge is 0.418 e. The first-order valence-electron chi connectivity index (χ1n) is 11.9. The molecule has 4 aromatic carbocycles. The molecule has 214 valence electrons. The fraction of sp³-hybridized carbons (Fsp3) is 0.100. The first-order chi connectivity index (χ1) is 19.7. The van der Waals surface area contributed by atoms with E-state index in [1.165, 1.54) is 36.4 Å². The highest BCUT2D eigenvalue weighted by Gasteiger charge is 2.35. The Kier molecular flexibility index (Phi) is 7.45. The summed E-state index contributed by atoms with van der Waals surface area (Å²) in [7, 11) is 0. The molecule has 5 aromatic rings. The second-order valence-electron chi connectivity index (χ2n) is 9.07. The quantitative estimate of drug-likeness (QED) is 0.147. The summed E-state index contributed by atoms with van der Waals surface area (Å²) in [5.41, 5.74) is -2.44. The van der Waals surface area contributed by atoms with Gasteiger partial charge in [-0.2, -0.15) is 31.4 Å². The second-order valence-corrected chi connectivity index (χ2v) is 9.48. The van der Waals surface area contributed by atoms with Gasteiger partial charge in [-0.1, -0.05) is 47.7 Å². The van der Waals surface area contributed by atoms with Gasteiger partial charge >= 0.3 is 12.4 Å². The lowest BCUT2D eigenvalue weighted by Gasteiger charge is -2.10. The third kappa shape index (κ3) is 5.81. The van der Waals surface area contributed by atoms with Crippen LogP contribution in [0.4, 0.5) is 39.5 Å². The van der Waals surface area contributed by atoms with Crippen molar-refractivity contribution in [3.8, 4) is 23.1 Å². The molecule has 1 aromatic heterocycles. The van der Waals surface area contributed by atoms with Crippen molar-refractivity contribution in [1.82, 2.24) is 9.78 Å². The zero-order valence-corrected chi connectivity index (χ0v) is 21.6. The van der Waals surface area contributed by atoms with E-state index in [0.717, 1.165) is 28.9 Å². The van der Waals surface area contributed by atoms with Crippen molar-refractivity contribution in [2.24, 2.45) is 0 Å². The number of hydrogen-bond acceptors (Lipinski definition) is 1. The summed E-state index contributed by atoms with van der Waals surface area (Å²) in [6.07, 6.45) is -9.38. The Hall–Kier alpha value is -4.43. The molecule has 0 radical (unpaired) electrons. The zero-order valence-electron chi connectivity index (χ0n) is 20.8. The molecule has 12 heteroatoms. The minimum atomic E-state index is -4.79. The molecule has 0 unspecified atom stereocenters. The average molecular weight is 609 g/mol. The molecule has 0 aliphatic heterocycles. The van der Waals surface area contributed by atoms with Gasteiger partial charge < -0.3 is 0 Å². The van der Waals surface area contributed by atoms with Gasteiger partial charge in [-0.15, -0.1) is 0 Å². The van der Waals surface area contributed by atoms with Gasteiger partial charge in [-0.3, -0.25) is 4.68 Å². The van der Waals surface area contributed by atoms with Crippen LogP contribution in [0.3, 0.4) is 0 Å². The topological polar surface area (TPSA) is 17.8 Å². The Morgan fingerprint density at radius 2 is 1.43 bits per heavy atom. The zero-order chi connectivity index (χ0) is 30.4. The number of nitrogens with zero attached hydrogens (tertiary/aromatic N) is 2. The van der Waals surface area contributed by atoms with Crippen molar-refractivity contribution >= 4 is 22.5 Å². The normalized spacial score (nSPS) is 12.0. The van der Waals surface area contributed by atoms with Crippen LogP contribution in [0, 0.1) is 29.3 Å². The number of alkyl halides is 6. The molecule has 0 saturated carbocycles. The first kappa shape index (κ1) is 29.1. The number of benzene rings is 4. The molecule has 5 rings (SSSR count). The Morgan fingerprint density at radius 1 is 0.762 bits per heavy atom. The Labute approximate surface area is 237 Å². The number of halogens is 10. The smallest absolute Gasteiger partial charge is 0.259 e. The predicted octanol–water partition coefficient (Wildman–Crippen LogP) is 9.26. The van der Waals surface area contributed by atoms with E-state index in [1.54, 1.807) is 0 Å². The summed E-state index contributed by atoms with van der Waals surface area (Å²) in [6.45, 7) is -0.658. The highest BCUT2D eigenvalue weighted by molar-refractivity contribution is 6.31. The van der Waals surface area contributed by atoms with Crippen LogP contribution in [0.2, 0.25) is 5.02 Å². The number of aromatic nitrogens is 2. The lowest BCUT2D eigenvalue weighted by atomic mass is 10.0. The Bertz CT molecular complexity index is 1850. The summed E-state index contributed by atoms with van der Waals surface area (Å²) in [4.78, 5) is 0. The van der Waals surface area contributed by atoms with E-state index in [9.17, 15) is 39.5 Å². The van der Waals surface area contributed by atoms with E-state index >= 15 is 0 Å². The SMILES string of the molecule is Fc1cc(F)c(Cn2nc3c(C(F)(F)F)cccc3c2-c2ccc(C#Cc3cc(C(F)(F)F)ccc3Cl)cc2)c(F)c1. The van der Waals surface area contributed by atoms with Gasteiger partial charge in [0, 0.05) is 39.8 Å². The number of hydrogen-bond donors (Lipinski definition) is 0. The van der Waals surface area contributed by atoms with Crippen LogP contribution in [0.5, 0.6) is 0 Å². The minimum absolute atomic E-state index is 0.00298. The van der Waals surface area contributed by atoms with Crippen LogP contribution in [-0.2, 0) is 18.9 Å². The summed E-state index contributed by atoms with van der Waals surface area (Å²) in [5.74, 6) is 1.61. The van der Waals surface area contributed by atoms with Crippen LogP contribution >= 0.6 is 11.6 Å². The van der Waals surface area contributed by atoms with E-state index in [4.69, 9.17) is 11.6 Å². The van der Waals surface area contributed by atoms with Crippen LogP contribution < -0.4 is 0 Å². The third-order valence-electron chi connectivity index (χ3n) is 6.28. The van der Waals surface area contributed by atoms with Crippen molar-refractivity contribution < 1.29 is 39.5 Å². The first-order valence-corrected chi connectivity index (χ1v) is 12.3. The number of fused-ring (bicyclic) bond motifs is 1. The van der Waals surface area contributed by atoms with Crippen LogP contribution in [0.1, 0.15) is 27.8 Å². The molecule has 0 aliphatic rings. The van der Waals surface area contributed by atoms with Gasteiger partial charge in [0.1, 0.15) is 23.0 Å². The maximum atomic E-state index is 14.5. The molecule has 0 atom stereocenters. The Balaban J connectivity index is 1.59. The van der Waals surface area contributed by atoms with Crippen molar-refractivity contribution in [3.63, 3.8) is 0 Å². The monoisotopic (exact) mass is 608 g/mol. The molecule has 0 fully saturated rings. The molecule has 0 amide bonds. The molecule has 2 nitrogen and oxygen atoms in total. The summed E-state index contributed by atoms with van der Waals surface area (Å²) >= 11 is 5.99. The van der Waals surface area contributed by atoms with E-state index in [1.807, 2.05) is 0 Å². The molecular weight excluding hydrogens is 595 g/mol. The van der Waals surface area contributed by atoms with Crippen molar-refractivity contribution in [2.75, 3.05) is 0 Å². The summed E-state index contributed by atoms with van der Waals surface area (Å²) in [5, 5.41) is 4.06. The molecule has 0 bridgehead atoms. The standard InChI is InChI=1S/C30H14ClF9N2/c31-24-11-10-19(29(35,36)37)12-18(24)9-6-16-4-7-17(8-5-16)28-21-2-1-3-23(30(38,39)40)27(21)41-42(28)15-22-25(33)13-20(32)14-26(22)34/h1-5,7-8,10-14H,15H2.